The number of hydrogen-bond acceptors (Lipinski definition) is 3. The van der Waals surface area contributed by atoms with Crippen LogP contribution in [-0.4, -0.2) is 14.8 Å². The SMILES string of the molecule is Nc1[nH]nc2c1c1ccccc1c(=O)n2C1CC1. The Labute approximate surface area is 102 Å². The maximum absolute atomic E-state index is 12.5. The number of aromatic amines is 1. The Hall–Kier alpha value is -2.30. The Bertz CT molecular complexity index is 826. The van der Waals surface area contributed by atoms with Crippen molar-refractivity contribution in [3.05, 3.63) is 34.6 Å². The molecule has 2 heterocycles. The molecule has 2 aromatic heterocycles. The topological polar surface area (TPSA) is 76.7 Å². The number of fused-ring (bicyclic) bond motifs is 3. The summed E-state index contributed by atoms with van der Waals surface area (Å²) in [6, 6.07) is 7.84. The van der Waals surface area contributed by atoms with Crippen LogP contribution in [0.2, 0.25) is 0 Å². The first-order valence-corrected chi connectivity index (χ1v) is 6.04. The van der Waals surface area contributed by atoms with Gasteiger partial charge in [0.1, 0.15) is 5.82 Å². The zero-order valence-corrected chi connectivity index (χ0v) is 9.68. The number of pyridine rings is 1. The molecule has 3 aromatic rings. The van der Waals surface area contributed by atoms with Crippen molar-refractivity contribution in [2.24, 2.45) is 0 Å². The van der Waals surface area contributed by atoms with E-state index in [-0.39, 0.29) is 11.6 Å². The van der Waals surface area contributed by atoms with E-state index in [1.54, 1.807) is 4.57 Å². The second-order valence-corrected chi connectivity index (χ2v) is 4.79. The lowest BCUT2D eigenvalue weighted by molar-refractivity contribution is 0.734. The van der Waals surface area contributed by atoms with E-state index in [0.717, 1.165) is 23.6 Å². The van der Waals surface area contributed by atoms with E-state index in [4.69, 9.17) is 5.73 Å². The number of hydrogen-bond donors (Lipinski definition) is 2. The van der Waals surface area contributed by atoms with Gasteiger partial charge in [-0.15, -0.1) is 0 Å². The van der Waals surface area contributed by atoms with Crippen molar-refractivity contribution in [2.45, 2.75) is 18.9 Å². The van der Waals surface area contributed by atoms with Gasteiger partial charge in [-0.2, -0.15) is 5.10 Å². The molecule has 18 heavy (non-hydrogen) atoms. The van der Waals surface area contributed by atoms with Gasteiger partial charge in [0.05, 0.1) is 5.39 Å². The minimum absolute atomic E-state index is 0.0344. The molecule has 1 aromatic carbocycles. The zero-order chi connectivity index (χ0) is 12.3. The number of benzene rings is 1. The first-order valence-electron chi connectivity index (χ1n) is 6.04. The van der Waals surface area contributed by atoms with E-state index in [1.807, 2.05) is 24.3 Å². The lowest BCUT2D eigenvalue weighted by Gasteiger charge is -2.07. The molecule has 0 atom stereocenters. The molecule has 0 radical (unpaired) electrons. The fourth-order valence-corrected chi connectivity index (χ4v) is 2.57. The predicted octanol–water partition coefficient (Wildman–Crippen LogP) is 1.79. The average molecular weight is 240 g/mol. The maximum Gasteiger partial charge on any atom is 0.260 e. The van der Waals surface area contributed by atoms with Crippen LogP contribution in [0.1, 0.15) is 18.9 Å². The van der Waals surface area contributed by atoms with E-state index in [1.165, 1.54) is 0 Å². The molecule has 0 spiro atoms. The largest absolute Gasteiger partial charge is 0.383 e. The number of H-pyrrole nitrogens is 1. The molecule has 0 unspecified atom stereocenters. The molecule has 0 saturated heterocycles. The fourth-order valence-electron chi connectivity index (χ4n) is 2.57. The third-order valence-electron chi connectivity index (χ3n) is 3.56. The molecular formula is C13H12N4O. The molecule has 5 nitrogen and oxygen atoms in total. The minimum Gasteiger partial charge on any atom is -0.383 e. The number of nitrogens with two attached hydrogens (primary N) is 1. The van der Waals surface area contributed by atoms with E-state index < -0.39 is 0 Å². The van der Waals surface area contributed by atoms with E-state index >= 15 is 0 Å². The lowest BCUT2D eigenvalue weighted by Crippen LogP contribution is -2.19. The van der Waals surface area contributed by atoms with Crippen LogP contribution < -0.4 is 11.3 Å². The number of aromatic nitrogens is 3. The summed E-state index contributed by atoms with van der Waals surface area (Å²) in [7, 11) is 0. The van der Waals surface area contributed by atoms with Crippen molar-refractivity contribution in [3.8, 4) is 0 Å². The standard InChI is InChI=1S/C13H12N4O/c14-11-10-8-3-1-2-4-9(8)13(18)17(7-5-6-7)12(10)16-15-11/h1-4,7H,5-6H2,(H3,14,15,16). The minimum atomic E-state index is 0.0344. The van der Waals surface area contributed by atoms with Crippen LogP contribution in [0.4, 0.5) is 5.82 Å². The van der Waals surface area contributed by atoms with Gasteiger partial charge in [0.25, 0.3) is 5.56 Å². The highest BCUT2D eigenvalue weighted by atomic mass is 16.1. The lowest BCUT2D eigenvalue weighted by atomic mass is 10.1. The average Bonchev–Trinajstić information content (AvgIpc) is 3.14. The number of nitrogen functional groups attached to an aromatic ring is 1. The van der Waals surface area contributed by atoms with Crippen molar-refractivity contribution >= 4 is 27.6 Å². The van der Waals surface area contributed by atoms with E-state index in [9.17, 15) is 4.79 Å². The van der Waals surface area contributed by atoms with Crippen molar-refractivity contribution in [2.75, 3.05) is 5.73 Å². The summed E-state index contributed by atoms with van der Waals surface area (Å²) in [6.07, 6.45) is 2.08. The number of anilines is 1. The highest BCUT2D eigenvalue weighted by Gasteiger charge is 2.28. The number of nitrogens with zero attached hydrogens (tertiary/aromatic N) is 2. The molecule has 0 bridgehead atoms. The van der Waals surface area contributed by atoms with Crippen molar-refractivity contribution in [1.82, 2.24) is 14.8 Å². The highest BCUT2D eigenvalue weighted by molar-refractivity contribution is 6.09. The molecular weight excluding hydrogens is 228 g/mol. The summed E-state index contributed by atoms with van der Waals surface area (Å²) in [5, 5.41) is 9.44. The fraction of sp³-hybridized carbons (Fsp3) is 0.231. The molecule has 1 fully saturated rings. The summed E-state index contributed by atoms with van der Waals surface area (Å²) in [6.45, 7) is 0. The second kappa shape index (κ2) is 3.13. The normalized spacial score (nSPS) is 15.6. The zero-order valence-electron chi connectivity index (χ0n) is 9.68. The summed E-state index contributed by atoms with van der Waals surface area (Å²) < 4.78 is 1.78. The molecule has 90 valence electrons. The number of rotatable bonds is 1. The Morgan fingerprint density at radius 2 is 2.00 bits per heavy atom. The predicted molar refractivity (Wildman–Crippen MR) is 70.5 cm³/mol. The Morgan fingerprint density at radius 3 is 2.72 bits per heavy atom. The van der Waals surface area contributed by atoms with Gasteiger partial charge in [-0.3, -0.25) is 14.5 Å². The van der Waals surface area contributed by atoms with E-state index in [0.29, 0.717) is 16.9 Å². The third kappa shape index (κ3) is 1.11. The van der Waals surface area contributed by atoms with Gasteiger partial charge in [0.15, 0.2) is 5.65 Å². The molecule has 1 aliphatic carbocycles. The van der Waals surface area contributed by atoms with Crippen LogP contribution in [0.25, 0.3) is 21.8 Å². The summed E-state index contributed by atoms with van der Waals surface area (Å²) in [5.74, 6) is 0.524. The molecule has 5 heteroatoms. The first kappa shape index (κ1) is 9.70. The quantitative estimate of drug-likeness (QED) is 0.680. The highest BCUT2D eigenvalue weighted by Crippen LogP contribution is 2.37. The van der Waals surface area contributed by atoms with Crippen LogP contribution in [0.15, 0.2) is 29.1 Å². The van der Waals surface area contributed by atoms with E-state index in [2.05, 4.69) is 10.2 Å². The molecule has 0 amide bonds. The third-order valence-corrected chi connectivity index (χ3v) is 3.56. The van der Waals surface area contributed by atoms with Crippen LogP contribution >= 0.6 is 0 Å². The van der Waals surface area contributed by atoms with Gasteiger partial charge < -0.3 is 5.73 Å². The smallest absolute Gasteiger partial charge is 0.260 e. The van der Waals surface area contributed by atoms with Gasteiger partial charge in [-0.25, -0.2) is 0 Å². The van der Waals surface area contributed by atoms with Crippen LogP contribution in [-0.2, 0) is 0 Å². The monoisotopic (exact) mass is 240 g/mol. The molecule has 3 N–H and O–H groups in total. The second-order valence-electron chi connectivity index (χ2n) is 4.79. The van der Waals surface area contributed by atoms with Crippen molar-refractivity contribution in [3.63, 3.8) is 0 Å². The Kier molecular flexibility index (Phi) is 1.69. The number of nitrogens with one attached hydrogen (secondary N) is 1. The maximum atomic E-state index is 12.5. The molecule has 1 saturated carbocycles. The van der Waals surface area contributed by atoms with Crippen molar-refractivity contribution in [1.29, 1.82) is 0 Å². The summed E-state index contributed by atoms with van der Waals surface area (Å²) in [5.41, 5.74) is 6.66. The van der Waals surface area contributed by atoms with Gasteiger partial charge in [0, 0.05) is 16.8 Å². The Morgan fingerprint density at radius 1 is 1.28 bits per heavy atom. The van der Waals surface area contributed by atoms with Gasteiger partial charge in [-0.05, 0) is 18.9 Å². The van der Waals surface area contributed by atoms with Crippen molar-refractivity contribution < 1.29 is 0 Å². The molecule has 0 aliphatic heterocycles. The summed E-state index contributed by atoms with van der Waals surface area (Å²) >= 11 is 0. The van der Waals surface area contributed by atoms with Crippen LogP contribution in [0.5, 0.6) is 0 Å². The van der Waals surface area contributed by atoms with Gasteiger partial charge >= 0.3 is 0 Å². The molecule has 1 aliphatic rings. The van der Waals surface area contributed by atoms with Crippen LogP contribution in [0.3, 0.4) is 0 Å². The van der Waals surface area contributed by atoms with Crippen LogP contribution in [0, 0.1) is 0 Å². The Balaban J connectivity index is 2.33. The first-order chi connectivity index (χ1) is 8.77. The van der Waals surface area contributed by atoms with Gasteiger partial charge in [0.2, 0.25) is 0 Å². The van der Waals surface area contributed by atoms with Gasteiger partial charge in [-0.1, -0.05) is 18.2 Å². The molecule has 4 rings (SSSR count). The summed E-state index contributed by atoms with van der Waals surface area (Å²) in [4.78, 5) is 12.5.